The van der Waals surface area contributed by atoms with Crippen molar-refractivity contribution in [3.63, 3.8) is 0 Å². The molecule has 1 aliphatic heterocycles. The fourth-order valence-electron chi connectivity index (χ4n) is 3.28. The Morgan fingerprint density at radius 2 is 2.00 bits per heavy atom. The Bertz CT molecular complexity index is 730. The van der Waals surface area contributed by atoms with Crippen molar-refractivity contribution in [2.45, 2.75) is 59.5 Å². The van der Waals surface area contributed by atoms with Gasteiger partial charge in [0, 0.05) is 50.6 Å². The van der Waals surface area contributed by atoms with E-state index in [0.29, 0.717) is 25.4 Å². The van der Waals surface area contributed by atoms with E-state index in [-0.39, 0.29) is 5.91 Å². The van der Waals surface area contributed by atoms with Crippen LogP contribution >= 0.6 is 0 Å². The summed E-state index contributed by atoms with van der Waals surface area (Å²) in [5, 5.41) is 13.0. The first-order valence-corrected chi connectivity index (χ1v) is 8.66. The van der Waals surface area contributed by atoms with Crippen LogP contribution in [0.25, 0.3) is 0 Å². The zero-order valence-corrected chi connectivity index (χ0v) is 15.0. The maximum atomic E-state index is 12.6. The molecule has 2 aromatic rings. The summed E-state index contributed by atoms with van der Waals surface area (Å²) >= 11 is 0. The number of hydrogen-bond acceptors (Lipinski definition) is 4. The monoisotopic (exact) mass is 330 g/mol. The summed E-state index contributed by atoms with van der Waals surface area (Å²) in [7, 11) is 0. The highest BCUT2D eigenvalue weighted by atomic mass is 16.2. The second kappa shape index (κ2) is 6.75. The van der Waals surface area contributed by atoms with Crippen molar-refractivity contribution in [1.82, 2.24) is 29.4 Å². The normalized spacial score (nSPS) is 14.8. The van der Waals surface area contributed by atoms with E-state index in [1.165, 1.54) is 0 Å². The standard InChI is InChI=1S/C17H26N6O/c1-12(2)17-19-18-15-5-7-21(9-10-22(15)17)16(24)6-8-23-14(4)11-13(3)20-23/h11-12H,5-10H2,1-4H3. The molecule has 0 spiro atoms. The Balaban J connectivity index is 1.60. The molecule has 3 rings (SSSR count). The molecule has 0 aromatic carbocycles. The molecule has 2 aromatic heterocycles. The van der Waals surface area contributed by atoms with Crippen LogP contribution < -0.4 is 0 Å². The molecular formula is C17H26N6O. The number of aryl methyl sites for hydroxylation is 3. The van der Waals surface area contributed by atoms with E-state index in [1.807, 2.05) is 29.5 Å². The van der Waals surface area contributed by atoms with Gasteiger partial charge in [0.2, 0.25) is 5.91 Å². The summed E-state index contributed by atoms with van der Waals surface area (Å²) in [5.74, 6) is 2.54. The van der Waals surface area contributed by atoms with Crippen LogP contribution in [0.1, 0.15) is 49.2 Å². The highest BCUT2D eigenvalue weighted by Crippen LogP contribution is 2.17. The van der Waals surface area contributed by atoms with Gasteiger partial charge in [0.1, 0.15) is 11.6 Å². The largest absolute Gasteiger partial charge is 0.340 e. The summed E-state index contributed by atoms with van der Waals surface area (Å²) in [6, 6.07) is 2.04. The van der Waals surface area contributed by atoms with Crippen molar-refractivity contribution in [2.24, 2.45) is 0 Å². The van der Waals surface area contributed by atoms with Crippen molar-refractivity contribution >= 4 is 5.91 Å². The second-order valence-electron chi connectivity index (χ2n) is 6.81. The van der Waals surface area contributed by atoms with Gasteiger partial charge in [-0.15, -0.1) is 10.2 Å². The molecule has 1 aliphatic rings. The number of amides is 1. The Morgan fingerprint density at radius 3 is 2.67 bits per heavy atom. The van der Waals surface area contributed by atoms with E-state index in [0.717, 1.165) is 42.5 Å². The smallest absolute Gasteiger partial charge is 0.224 e. The Kier molecular flexibility index (Phi) is 4.69. The number of nitrogens with zero attached hydrogens (tertiary/aromatic N) is 6. The topological polar surface area (TPSA) is 68.8 Å². The molecule has 0 saturated carbocycles. The number of aromatic nitrogens is 5. The van der Waals surface area contributed by atoms with E-state index >= 15 is 0 Å². The van der Waals surface area contributed by atoms with Gasteiger partial charge in [-0.3, -0.25) is 9.48 Å². The minimum Gasteiger partial charge on any atom is -0.340 e. The Labute approximate surface area is 142 Å². The molecule has 0 bridgehead atoms. The minimum absolute atomic E-state index is 0.187. The van der Waals surface area contributed by atoms with Gasteiger partial charge in [-0.1, -0.05) is 13.8 Å². The number of fused-ring (bicyclic) bond motifs is 1. The molecular weight excluding hydrogens is 304 g/mol. The van der Waals surface area contributed by atoms with Crippen LogP contribution in [-0.4, -0.2) is 48.4 Å². The SMILES string of the molecule is Cc1cc(C)n(CCC(=O)N2CCc3nnc(C(C)C)n3CC2)n1. The van der Waals surface area contributed by atoms with Gasteiger partial charge in [0.05, 0.1) is 5.69 Å². The molecule has 0 fully saturated rings. The quantitative estimate of drug-likeness (QED) is 0.855. The van der Waals surface area contributed by atoms with Crippen LogP contribution in [0.5, 0.6) is 0 Å². The third-order valence-corrected chi connectivity index (χ3v) is 4.56. The molecule has 7 heteroatoms. The van der Waals surface area contributed by atoms with Gasteiger partial charge in [0.25, 0.3) is 0 Å². The highest BCUT2D eigenvalue weighted by molar-refractivity contribution is 5.76. The first-order valence-electron chi connectivity index (χ1n) is 8.66. The maximum absolute atomic E-state index is 12.6. The lowest BCUT2D eigenvalue weighted by Crippen LogP contribution is -2.34. The van der Waals surface area contributed by atoms with Crippen LogP contribution in [0.3, 0.4) is 0 Å². The fraction of sp³-hybridized carbons (Fsp3) is 0.647. The number of carbonyl (C=O) groups is 1. The maximum Gasteiger partial charge on any atom is 0.224 e. The van der Waals surface area contributed by atoms with Gasteiger partial charge >= 0.3 is 0 Å². The number of rotatable bonds is 4. The van der Waals surface area contributed by atoms with Crippen molar-refractivity contribution in [3.05, 3.63) is 29.1 Å². The van der Waals surface area contributed by atoms with Crippen LogP contribution in [0.2, 0.25) is 0 Å². The highest BCUT2D eigenvalue weighted by Gasteiger charge is 2.22. The Hall–Kier alpha value is -2.18. The van der Waals surface area contributed by atoms with Gasteiger partial charge < -0.3 is 9.47 Å². The van der Waals surface area contributed by atoms with Crippen LogP contribution in [0, 0.1) is 13.8 Å². The molecule has 130 valence electrons. The molecule has 24 heavy (non-hydrogen) atoms. The van der Waals surface area contributed by atoms with Crippen LogP contribution in [-0.2, 0) is 24.3 Å². The summed E-state index contributed by atoms with van der Waals surface area (Å²) in [6.45, 7) is 11.1. The molecule has 0 aliphatic carbocycles. The second-order valence-corrected chi connectivity index (χ2v) is 6.81. The molecule has 0 saturated heterocycles. The van der Waals surface area contributed by atoms with Gasteiger partial charge in [-0.25, -0.2) is 0 Å². The van der Waals surface area contributed by atoms with Gasteiger partial charge in [-0.05, 0) is 19.9 Å². The predicted molar refractivity (Wildman–Crippen MR) is 90.7 cm³/mol. The van der Waals surface area contributed by atoms with Gasteiger partial charge in [-0.2, -0.15) is 5.10 Å². The minimum atomic E-state index is 0.187. The van der Waals surface area contributed by atoms with E-state index in [4.69, 9.17) is 0 Å². The molecule has 0 atom stereocenters. The molecule has 7 nitrogen and oxygen atoms in total. The fourth-order valence-corrected chi connectivity index (χ4v) is 3.28. The molecule has 0 radical (unpaired) electrons. The summed E-state index contributed by atoms with van der Waals surface area (Å²) in [6.07, 6.45) is 1.25. The average molecular weight is 330 g/mol. The summed E-state index contributed by atoms with van der Waals surface area (Å²) < 4.78 is 4.09. The zero-order valence-electron chi connectivity index (χ0n) is 15.0. The first-order chi connectivity index (χ1) is 11.5. The average Bonchev–Trinajstić information content (AvgIpc) is 3.01. The van der Waals surface area contributed by atoms with Crippen LogP contribution in [0.15, 0.2) is 6.07 Å². The van der Waals surface area contributed by atoms with Crippen molar-refractivity contribution in [3.8, 4) is 0 Å². The first kappa shape index (κ1) is 16.7. The predicted octanol–water partition coefficient (Wildman–Crippen LogP) is 1.69. The van der Waals surface area contributed by atoms with Crippen molar-refractivity contribution < 1.29 is 4.79 Å². The van der Waals surface area contributed by atoms with E-state index < -0.39 is 0 Å². The van der Waals surface area contributed by atoms with Crippen molar-refractivity contribution in [2.75, 3.05) is 13.1 Å². The lowest BCUT2D eigenvalue weighted by atomic mass is 10.2. The Morgan fingerprint density at radius 1 is 1.21 bits per heavy atom. The van der Waals surface area contributed by atoms with E-state index in [2.05, 4.69) is 33.7 Å². The van der Waals surface area contributed by atoms with E-state index in [1.54, 1.807) is 0 Å². The summed E-state index contributed by atoms with van der Waals surface area (Å²) in [4.78, 5) is 14.5. The summed E-state index contributed by atoms with van der Waals surface area (Å²) in [5.41, 5.74) is 2.10. The zero-order chi connectivity index (χ0) is 17.3. The molecule has 0 unspecified atom stereocenters. The third-order valence-electron chi connectivity index (χ3n) is 4.56. The lowest BCUT2D eigenvalue weighted by Gasteiger charge is -2.20. The van der Waals surface area contributed by atoms with E-state index in [9.17, 15) is 4.79 Å². The molecule has 1 amide bonds. The molecule has 3 heterocycles. The van der Waals surface area contributed by atoms with Gasteiger partial charge in [0.15, 0.2) is 0 Å². The lowest BCUT2D eigenvalue weighted by molar-refractivity contribution is -0.131. The third kappa shape index (κ3) is 3.34. The number of hydrogen-bond donors (Lipinski definition) is 0. The van der Waals surface area contributed by atoms with Crippen molar-refractivity contribution in [1.29, 1.82) is 0 Å². The number of carbonyl (C=O) groups excluding carboxylic acids is 1. The van der Waals surface area contributed by atoms with Crippen LogP contribution in [0.4, 0.5) is 0 Å². The molecule has 0 N–H and O–H groups in total.